The third-order valence-electron chi connectivity index (χ3n) is 7.48. The fraction of sp³-hybridized carbons (Fsp3) is 0.538. The standard InChI is InChI=1S/C26H33N9O3/c1-5-16-9-33(24(37)26(13-27)6-7-26)11-19(16)30-21-17(22(28)36)8-29-35-12-20(31-23(21)35)18-10-34(32-15(18)2)14-25(3,4)38/h8,10,12,16,19,30,38H,5-7,9,11,14H2,1-4H3,(H2,28,36)/t16-,19+/m0/s1. The molecule has 38 heavy (non-hydrogen) atoms. The Balaban J connectivity index is 1.49. The number of nitriles is 1. The summed E-state index contributed by atoms with van der Waals surface area (Å²) in [5.74, 6) is -0.625. The minimum Gasteiger partial charge on any atom is -0.389 e. The summed E-state index contributed by atoms with van der Waals surface area (Å²) in [5.41, 5.74) is 7.14. The average molecular weight is 520 g/mol. The van der Waals surface area contributed by atoms with E-state index < -0.39 is 16.9 Å². The van der Waals surface area contributed by atoms with E-state index in [1.54, 1.807) is 34.1 Å². The van der Waals surface area contributed by atoms with Crippen LogP contribution in [0.15, 0.2) is 18.6 Å². The second-order valence-corrected chi connectivity index (χ2v) is 11.2. The van der Waals surface area contributed by atoms with Crippen molar-refractivity contribution in [2.45, 2.75) is 65.1 Å². The van der Waals surface area contributed by atoms with Gasteiger partial charge in [-0.3, -0.25) is 14.3 Å². The Bertz CT molecular complexity index is 1450. The molecule has 4 N–H and O–H groups in total. The van der Waals surface area contributed by atoms with Gasteiger partial charge in [-0.15, -0.1) is 0 Å². The lowest BCUT2D eigenvalue weighted by molar-refractivity contribution is -0.134. The topological polar surface area (TPSA) is 167 Å². The minimum atomic E-state index is -0.928. The van der Waals surface area contributed by atoms with Crippen molar-refractivity contribution in [1.82, 2.24) is 29.3 Å². The smallest absolute Gasteiger partial charge is 0.252 e. The second kappa shape index (κ2) is 9.09. The average Bonchev–Trinajstić information content (AvgIpc) is 3.16. The van der Waals surface area contributed by atoms with Crippen LogP contribution in [0, 0.1) is 29.6 Å². The summed E-state index contributed by atoms with van der Waals surface area (Å²) in [4.78, 5) is 32.0. The predicted molar refractivity (Wildman–Crippen MR) is 139 cm³/mol. The van der Waals surface area contributed by atoms with Crippen molar-refractivity contribution in [2.24, 2.45) is 17.1 Å². The van der Waals surface area contributed by atoms with Gasteiger partial charge in [0, 0.05) is 30.9 Å². The maximum Gasteiger partial charge on any atom is 0.252 e. The van der Waals surface area contributed by atoms with Gasteiger partial charge in [0.1, 0.15) is 5.41 Å². The summed E-state index contributed by atoms with van der Waals surface area (Å²) in [6, 6.07) is 2.04. The number of nitrogens with one attached hydrogen (secondary N) is 1. The molecule has 0 bridgehead atoms. The molecule has 1 saturated carbocycles. The van der Waals surface area contributed by atoms with E-state index in [-0.39, 0.29) is 23.4 Å². The number of amides is 2. The molecule has 1 aliphatic carbocycles. The van der Waals surface area contributed by atoms with Crippen molar-refractivity contribution in [3.8, 4) is 17.3 Å². The molecule has 0 unspecified atom stereocenters. The molecule has 2 fully saturated rings. The minimum absolute atomic E-state index is 0.112. The highest BCUT2D eigenvalue weighted by molar-refractivity contribution is 6.01. The number of primary amides is 1. The first-order chi connectivity index (χ1) is 17.9. The Hall–Kier alpha value is -3.98. The van der Waals surface area contributed by atoms with Crippen molar-refractivity contribution in [3.63, 3.8) is 0 Å². The number of imidazole rings is 1. The van der Waals surface area contributed by atoms with Gasteiger partial charge in [-0.2, -0.15) is 15.5 Å². The SMILES string of the molecule is CC[C@H]1CN(C(=O)C2(C#N)CC2)C[C@H]1Nc1c(C(N)=O)cnn2cc(-c3cn(CC(C)(C)O)nc3C)nc12. The largest absolute Gasteiger partial charge is 0.389 e. The number of carbonyl (C=O) groups is 2. The van der Waals surface area contributed by atoms with E-state index >= 15 is 0 Å². The molecule has 0 spiro atoms. The summed E-state index contributed by atoms with van der Waals surface area (Å²) in [7, 11) is 0. The maximum absolute atomic E-state index is 13.0. The molecule has 0 aromatic carbocycles. The first-order valence-corrected chi connectivity index (χ1v) is 12.9. The van der Waals surface area contributed by atoms with Gasteiger partial charge in [0.25, 0.3) is 5.91 Å². The van der Waals surface area contributed by atoms with E-state index in [0.29, 0.717) is 49.5 Å². The number of anilines is 1. The molecule has 12 nitrogen and oxygen atoms in total. The summed E-state index contributed by atoms with van der Waals surface area (Å²) in [5, 5.41) is 32.0. The van der Waals surface area contributed by atoms with Crippen molar-refractivity contribution in [2.75, 3.05) is 18.4 Å². The van der Waals surface area contributed by atoms with Gasteiger partial charge in [-0.1, -0.05) is 6.92 Å². The zero-order chi connectivity index (χ0) is 27.4. The number of aryl methyl sites for hydroxylation is 1. The number of aliphatic hydroxyl groups is 1. The molecule has 3 aromatic heterocycles. The summed E-state index contributed by atoms with van der Waals surface area (Å²) >= 11 is 0. The third-order valence-corrected chi connectivity index (χ3v) is 7.48. The molecule has 200 valence electrons. The van der Waals surface area contributed by atoms with E-state index in [1.165, 1.54) is 6.20 Å². The van der Waals surface area contributed by atoms with Crippen LogP contribution < -0.4 is 11.1 Å². The molecule has 4 heterocycles. The number of likely N-dealkylation sites (tertiary alicyclic amines) is 1. The summed E-state index contributed by atoms with van der Waals surface area (Å²) < 4.78 is 3.27. The van der Waals surface area contributed by atoms with Crippen molar-refractivity contribution in [1.29, 1.82) is 5.26 Å². The number of nitrogens with two attached hydrogens (primary N) is 1. The number of hydrogen-bond donors (Lipinski definition) is 3. The van der Waals surface area contributed by atoms with Crippen LogP contribution >= 0.6 is 0 Å². The van der Waals surface area contributed by atoms with E-state index in [4.69, 9.17) is 10.7 Å². The van der Waals surface area contributed by atoms with E-state index in [0.717, 1.165) is 17.7 Å². The second-order valence-electron chi connectivity index (χ2n) is 11.2. The third kappa shape index (κ3) is 4.58. The number of nitrogens with zero attached hydrogens (tertiary/aromatic N) is 7. The zero-order valence-corrected chi connectivity index (χ0v) is 22.1. The van der Waals surface area contributed by atoms with Gasteiger partial charge in [-0.05, 0) is 46.0 Å². The van der Waals surface area contributed by atoms with Crippen molar-refractivity contribution >= 4 is 23.1 Å². The van der Waals surface area contributed by atoms with Crippen LogP contribution in [-0.4, -0.2) is 70.9 Å². The van der Waals surface area contributed by atoms with Crippen LogP contribution in [0.1, 0.15) is 56.1 Å². The molecular weight excluding hydrogens is 486 g/mol. The number of fused-ring (bicyclic) bond motifs is 1. The monoisotopic (exact) mass is 519 g/mol. The van der Waals surface area contributed by atoms with Gasteiger partial charge < -0.3 is 21.1 Å². The highest BCUT2D eigenvalue weighted by Gasteiger charge is 2.54. The fourth-order valence-corrected chi connectivity index (χ4v) is 5.24. The molecule has 2 amide bonds. The number of carbonyl (C=O) groups excluding carboxylic acids is 2. The molecule has 3 aromatic rings. The normalized spacial score (nSPS) is 20.5. The van der Waals surface area contributed by atoms with E-state index in [1.807, 2.05) is 13.1 Å². The summed E-state index contributed by atoms with van der Waals surface area (Å²) in [6.07, 6.45) is 7.03. The lowest BCUT2D eigenvalue weighted by Gasteiger charge is -2.21. The lowest BCUT2D eigenvalue weighted by Crippen LogP contribution is -2.36. The van der Waals surface area contributed by atoms with Gasteiger partial charge >= 0.3 is 0 Å². The Morgan fingerprint density at radius 3 is 2.66 bits per heavy atom. The van der Waals surface area contributed by atoms with E-state index in [2.05, 4.69) is 28.5 Å². The number of hydrogen-bond acceptors (Lipinski definition) is 8. The van der Waals surface area contributed by atoms with Crippen LogP contribution in [0.4, 0.5) is 5.69 Å². The van der Waals surface area contributed by atoms with Crippen molar-refractivity contribution < 1.29 is 14.7 Å². The first kappa shape index (κ1) is 25.7. The molecule has 1 saturated heterocycles. The van der Waals surface area contributed by atoms with Crippen molar-refractivity contribution in [3.05, 3.63) is 29.8 Å². The van der Waals surface area contributed by atoms with Gasteiger partial charge in [0.05, 0.1) is 53.2 Å². The Labute approximate surface area is 220 Å². The molecule has 0 radical (unpaired) electrons. The van der Waals surface area contributed by atoms with Crippen LogP contribution in [0.3, 0.4) is 0 Å². The predicted octanol–water partition coefficient (Wildman–Crippen LogP) is 1.72. The molecule has 2 aliphatic rings. The van der Waals surface area contributed by atoms with E-state index in [9.17, 15) is 20.0 Å². The van der Waals surface area contributed by atoms with Gasteiger partial charge in [0.2, 0.25) is 5.91 Å². The molecule has 2 atom stereocenters. The quantitative estimate of drug-likeness (QED) is 0.404. The molecule has 1 aliphatic heterocycles. The highest BCUT2D eigenvalue weighted by Crippen LogP contribution is 2.47. The molecular formula is C26H33N9O3. The number of rotatable bonds is 8. The lowest BCUT2D eigenvalue weighted by atomic mass is 10.0. The van der Waals surface area contributed by atoms with Crippen LogP contribution in [-0.2, 0) is 11.3 Å². The van der Waals surface area contributed by atoms with Gasteiger partial charge in [0.15, 0.2) is 5.65 Å². The Kier molecular flexibility index (Phi) is 6.14. The van der Waals surface area contributed by atoms with Gasteiger partial charge in [-0.25, -0.2) is 9.50 Å². The number of aromatic nitrogens is 5. The molecule has 12 heteroatoms. The first-order valence-electron chi connectivity index (χ1n) is 12.9. The van der Waals surface area contributed by atoms with Crippen LogP contribution in [0.25, 0.3) is 16.9 Å². The fourth-order valence-electron chi connectivity index (χ4n) is 5.24. The highest BCUT2D eigenvalue weighted by atomic mass is 16.3. The Morgan fingerprint density at radius 1 is 1.32 bits per heavy atom. The zero-order valence-electron chi connectivity index (χ0n) is 22.1. The van der Waals surface area contributed by atoms with Crippen LogP contribution in [0.2, 0.25) is 0 Å². The van der Waals surface area contributed by atoms with Crippen LogP contribution in [0.5, 0.6) is 0 Å². The molecule has 5 rings (SSSR count). The maximum atomic E-state index is 13.0. The summed E-state index contributed by atoms with van der Waals surface area (Å²) in [6.45, 7) is 8.64. The Morgan fingerprint density at radius 2 is 2.05 bits per heavy atom.